The Bertz CT molecular complexity index is 681. The summed E-state index contributed by atoms with van der Waals surface area (Å²) in [6.45, 7) is 1.93. The molecule has 1 atom stereocenters. The summed E-state index contributed by atoms with van der Waals surface area (Å²) in [5.74, 6) is -0.0245. The first-order valence-corrected chi connectivity index (χ1v) is 9.20. The van der Waals surface area contributed by atoms with Gasteiger partial charge in [0, 0.05) is 23.7 Å². The molecule has 4 nitrogen and oxygen atoms in total. The molecule has 6 heteroatoms. The number of sulfonamides is 1. The molecule has 0 aliphatic carbocycles. The second kappa shape index (κ2) is 6.60. The van der Waals surface area contributed by atoms with Gasteiger partial charge in [-0.2, -0.15) is 0 Å². The van der Waals surface area contributed by atoms with Crippen molar-refractivity contribution >= 4 is 27.0 Å². The number of anilines is 1. The quantitative estimate of drug-likeness (QED) is 0.831. The summed E-state index contributed by atoms with van der Waals surface area (Å²) in [4.78, 5) is 1.19. The molecular weight excluding hydrogens is 304 g/mol. The van der Waals surface area contributed by atoms with Crippen molar-refractivity contribution in [3.8, 4) is 0 Å². The molecule has 0 spiro atoms. The number of nitrogens with two attached hydrogens (primary N) is 1. The molecule has 114 valence electrons. The van der Waals surface area contributed by atoms with E-state index in [4.69, 9.17) is 5.73 Å². The average Bonchev–Trinajstić information content (AvgIpc) is 2.90. The van der Waals surface area contributed by atoms with Crippen LogP contribution in [-0.4, -0.2) is 25.8 Å². The smallest absolute Gasteiger partial charge is 0.218 e. The van der Waals surface area contributed by atoms with E-state index in [2.05, 4.69) is 0 Å². The van der Waals surface area contributed by atoms with E-state index in [9.17, 15) is 8.42 Å². The van der Waals surface area contributed by atoms with Crippen LogP contribution in [0.2, 0.25) is 0 Å². The molecule has 0 bridgehead atoms. The molecule has 0 amide bonds. The number of nitrogens with zero attached hydrogens (tertiary/aromatic N) is 1. The molecule has 0 saturated carbocycles. The van der Waals surface area contributed by atoms with E-state index >= 15 is 0 Å². The molecule has 0 aliphatic rings. The fourth-order valence-corrected chi connectivity index (χ4v) is 4.37. The summed E-state index contributed by atoms with van der Waals surface area (Å²) in [6, 6.07) is 10.9. The Balaban J connectivity index is 2.07. The largest absolute Gasteiger partial charge is 0.399 e. The van der Waals surface area contributed by atoms with E-state index in [1.807, 2.05) is 24.4 Å². The Labute approximate surface area is 130 Å². The highest BCUT2D eigenvalue weighted by molar-refractivity contribution is 7.88. The second-order valence-corrected chi connectivity index (χ2v) is 8.21. The van der Waals surface area contributed by atoms with Crippen LogP contribution >= 0.6 is 11.3 Å². The van der Waals surface area contributed by atoms with E-state index < -0.39 is 10.0 Å². The first kappa shape index (κ1) is 16.0. The van der Waals surface area contributed by atoms with Crippen molar-refractivity contribution in [1.29, 1.82) is 0 Å². The molecule has 0 fully saturated rings. The number of benzene rings is 1. The number of likely N-dealkylation sites (N-methyl/N-ethyl adjacent to an activating group) is 1. The first-order valence-electron chi connectivity index (χ1n) is 6.71. The van der Waals surface area contributed by atoms with Crippen LogP contribution in [0.25, 0.3) is 0 Å². The van der Waals surface area contributed by atoms with E-state index in [1.165, 1.54) is 9.18 Å². The van der Waals surface area contributed by atoms with Gasteiger partial charge in [-0.05, 0) is 42.5 Å². The van der Waals surface area contributed by atoms with Crippen molar-refractivity contribution in [2.45, 2.75) is 25.1 Å². The van der Waals surface area contributed by atoms with Gasteiger partial charge in [0.25, 0.3) is 0 Å². The van der Waals surface area contributed by atoms with Crippen molar-refractivity contribution in [3.63, 3.8) is 0 Å². The lowest BCUT2D eigenvalue weighted by Crippen LogP contribution is -2.37. The van der Waals surface area contributed by atoms with Crippen LogP contribution in [0.5, 0.6) is 0 Å². The summed E-state index contributed by atoms with van der Waals surface area (Å²) in [7, 11) is -1.71. The van der Waals surface area contributed by atoms with E-state index in [0.29, 0.717) is 11.3 Å². The van der Waals surface area contributed by atoms with Crippen LogP contribution in [-0.2, 0) is 22.2 Å². The highest BCUT2D eigenvalue weighted by atomic mass is 32.2. The van der Waals surface area contributed by atoms with Crippen LogP contribution in [0.3, 0.4) is 0 Å². The molecule has 2 rings (SSSR count). The number of hydrogen-bond acceptors (Lipinski definition) is 4. The average molecular weight is 324 g/mol. The molecular formula is C15H20N2O2S2. The molecule has 0 radical (unpaired) electrons. The first-order chi connectivity index (χ1) is 9.88. The highest BCUT2D eigenvalue weighted by Gasteiger charge is 2.24. The summed E-state index contributed by atoms with van der Waals surface area (Å²) in [5, 5.41) is 2.00. The Morgan fingerprint density at radius 3 is 2.67 bits per heavy atom. The third-order valence-corrected chi connectivity index (χ3v) is 6.27. The van der Waals surface area contributed by atoms with Gasteiger partial charge in [0.1, 0.15) is 0 Å². The third kappa shape index (κ3) is 4.30. The minimum absolute atomic E-state index is 0.0245. The molecule has 1 aromatic carbocycles. The number of nitrogen functional groups attached to an aromatic ring is 1. The molecule has 2 N–H and O–H groups in total. The van der Waals surface area contributed by atoms with Crippen molar-refractivity contribution in [2.24, 2.45) is 0 Å². The maximum absolute atomic E-state index is 12.5. The van der Waals surface area contributed by atoms with Crippen molar-refractivity contribution in [3.05, 3.63) is 52.2 Å². The van der Waals surface area contributed by atoms with Gasteiger partial charge in [0.15, 0.2) is 0 Å². The predicted octanol–water partition coefficient (Wildman–Crippen LogP) is 2.72. The van der Waals surface area contributed by atoms with E-state index in [0.717, 1.165) is 6.42 Å². The van der Waals surface area contributed by atoms with E-state index in [-0.39, 0.29) is 11.8 Å². The normalized spacial score (nSPS) is 13.5. The van der Waals surface area contributed by atoms with Crippen LogP contribution in [0.15, 0.2) is 41.8 Å². The molecule has 2 aromatic rings. The lowest BCUT2D eigenvalue weighted by atomic mass is 10.2. The summed E-state index contributed by atoms with van der Waals surface area (Å²) < 4.78 is 26.4. The van der Waals surface area contributed by atoms with Gasteiger partial charge in [-0.25, -0.2) is 12.7 Å². The van der Waals surface area contributed by atoms with Gasteiger partial charge in [-0.1, -0.05) is 18.2 Å². The predicted molar refractivity (Wildman–Crippen MR) is 88.7 cm³/mol. The number of rotatable bonds is 6. The summed E-state index contributed by atoms with van der Waals surface area (Å²) in [6.07, 6.45) is 0.727. The maximum atomic E-state index is 12.5. The monoisotopic (exact) mass is 324 g/mol. The molecule has 1 aromatic heterocycles. The zero-order valence-corrected chi connectivity index (χ0v) is 13.8. The van der Waals surface area contributed by atoms with Crippen LogP contribution in [0, 0.1) is 0 Å². The van der Waals surface area contributed by atoms with Gasteiger partial charge in [-0.3, -0.25) is 0 Å². The standard InChI is InChI=1S/C15H20N2O2S2/c1-12(9-15-7-4-8-20-15)17(2)21(18,19)11-13-5-3-6-14(16)10-13/h3-8,10,12H,9,11,16H2,1-2H3. The van der Waals surface area contributed by atoms with Gasteiger partial charge in [-0.15, -0.1) is 11.3 Å². The van der Waals surface area contributed by atoms with Gasteiger partial charge in [0.2, 0.25) is 10.0 Å². The number of thiophene rings is 1. The molecule has 1 heterocycles. The fourth-order valence-electron chi connectivity index (χ4n) is 2.12. The molecule has 0 aliphatic heterocycles. The van der Waals surface area contributed by atoms with E-state index in [1.54, 1.807) is 42.6 Å². The maximum Gasteiger partial charge on any atom is 0.218 e. The van der Waals surface area contributed by atoms with Crippen LogP contribution in [0.1, 0.15) is 17.4 Å². The lowest BCUT2D eigenvalue weighted by Gasteiger charge is -2.24. The van der Waals surface area contributed by atoms with Crippen LogP contribution in [0.4, 0.5) is 5.69 Å². The van der Waals surface area contributed by atoms with Crippen molar-refractivity contribution in [1.82, 2.24) is 4.31 Å². The third-order valence-electron chi connectivity index (χ3n) is 3.44. The van der Waals surface area contributed by atoms with Gasteiger partial charge >= 0.3 is 0 Å². The Morgan fingerprint density at radius 2 is 2.05 bits per heavy atom. The topological polar surface area (TPSA) is 63.4 Å². The van der Waals surface area contributed by atoms with Crippen molar-refractivity contribution < 1.29 is 8.42 Å². The molecule has 21 heavy (non-hydrogen) atoms. The van der Waals surface area contributed by atoms with Gasteiger partial charge in [0.05, 0.1) is 5.75 Å². The Morgan fingerprint density at radius 1 is 1.29 bits per heavy atom. The van der Waals surface area contributed by atoms with Crippen molar-refractivity contribution in [2.75, 3.05) is 12.8 Å². The number of hydrogen-bond donors (Lipinski definition) is 1. The summed E-state index contributed by atoms with van der Waals surface area (Å²) >= 11 is 1.65. The summed E-state index contributed by atoms with van der Waals surface area (Å²) in [5.41, 5.74) is 6.99. The zero-order valence-electron chi connectivity index (χ0n) is 12.2. The molecule has 0 saturated heterocycles. The lowest BCUT2D eigenvalue weighted by molar-refractivity contribution is 0.388. The Hall–Kier alpha value is -1.37. The second-order valence-electron chi connectivity index (χ2n) is 5.15. The highest BCUT2D eigenvalue weighted by Crippen LogP contribution is 2.18. The minimum atomic E-state index is -3.35. The SMILES string of the molecule is CC(Cc1cccs1)N(C)S(=O)(=O)Cc1cccc(N)c1. The van der Waals surface area contributed by atoms with Crippen LogP contribution < -0.4 is 5.73 Å². The van der Waals surface area contributed by atoms with Gasteiger partial charge < -0.3 is 5.73 Å². The minimum Gasteiger partial charge on any atom is -0.399 e. The molecule has 1 unspecified atom stereocenters. The zero-order chi connectivity index (χ0) is 15.5. The fraction of sp³-hybridized carbons (Fsp3) is 0.333. The Kier molecular flexibility index (Phi) is 5.03.